The molecule has 15 heavy (non-hydrogen) atoms. The van der Waals surface area contributed by atoms with Crippen molar-refractivity contribution >= 4 is 17.5 Å². The van der Waals surface area contributed by atoms with E-state index in [1.54, 1.807) is 0 Å². The number of hydrogen-bond donors (Lipinski definition) is 1. The van der Waals surface area contributed by atoms with Crippen LogP contribution in [0.4, 0.5) is 0 Å². The van der Waals surface area contributed by atoms with Crippen molar-refractivity contribution < 1.29 is 9.53 Å². The summed E-state index contributed by atoms with van der Waals surface area (Å²) < 4.78 is 5.19. The fourth-order valence-electron chi connectivity index (χ4n) is 1.98. The molecule has 0 aromatic heterocycles. The van der Waals surface area contributed by atoms with E-state index in [1.165, 1.54) is 0 Å². The molecule has 0 bridgehead atoms. The first-order valence-electron chi connectivity index (χ1n) is 5.67. The minimum absolute atomic E-state index is 0.0361. The van der Waals surface area contributed by atoms with E-state index in [4.69, 9.17) is 16.3 Å². The predicted molar refractivity (Wildman–Crippen MR) is 61.2 cm³/mol. The van der Waals surface area contributed by atoms with Crippen LogP contribution in [-0.2, 0) is 9.53 Å². The first-order chi connectivity index (χ1) is 7.22. The van der Waals surface area contributed by atoms with Crippen molar-refractivity contribution in [1.82, 2.24) is 5.32 Å². The molecule has 0 atom stereocenters. The average molecular weight is 234 g/mol. The fourth-order valence-corrected chi connectivity index (χ4v) is 2.32. The molecular weight excluding hydrogens is 214 g/mol. The van der Waals surface area contributed by atoms with Crippen molar-refractivity contribution in [1.29, 1.82) is 0 Å². The Balaban J connectivity index is 2.28. The summed E-state index contributed by atoms with van der Waals surface area (Å²) in [6.07, 6.45) is 5.24. The molecule has 0 spiro atoms. The van der Waals surface area contributed by atoms with Gasteiger partial charge in [0, 0.05) is 12.5 Å². The van der Waals surface area contributed by atoms with Crippen LogP contribution in [0.5, 0.6) is 0 Å². The third-order valence-corrected chi connectivity index (χ3v) is 3.31. The second kappa shape index (κ2) is 6.33. The lowest BCUT2D eigenvalue weighted by Crippen LogP contribution is -2.49. The molecule has 0 unspecified atom stereocenters. The Bertz CT molecular complexity index is 203. The molecule has 1 amide bonds. The van der Waals surface area contributed by atoms with Crippen LogP contribution < -0.4 is 5.32 Å². The first-order valence-corrected chi connectivity index (χ1v) is 6.20. The number of carbonyl (C=O) groups is 1. The number of alkyl halides is 1. The zero-order valence-corrected chi connectivity index (χ0v) is 10.1. The van der Waals surface area contributed by atoms with Gasteiger partial charge in [-0.05, 0) is 19.3 Å². The number of halogens is 1. The summed E-state index contributed by atoms with van der Waals surface area (Å²) in [5.74, 6) is 0.470. The van der Waals surface area contributed by atoms with Crippen molar-refractivity contribution in [2.45, 2.75) is 44.6 Å². The van der Waals surface area contributed by atoms with E-state index in [-0.39, 0.29) is 18.1 Å². The zero-order chi connectivity index (χ0) is 11.1. The van der Waals surface area contributed by atoms with Crippen molar-refractivity contribution in [3.8, 4) is 0 Å². The Morgan fingerprint density at radius 3 is 2.67 bits per heavy atom. The topological polar surface area (TPSA) is 38.3 Å². The van der Waals surface area contributed by atoms with Crippen LogP contribution in [0.25, 0.3) is 0 Å². The molecule has 1 aliphatic rings. The Labute approximate surface area is 96.5 Å². The van der Waals surface area contributed by atoms with Crippen molar-refractivity contribution in [3.05, 3.63) is 0 Å². The van der Waals surface area contributed by atoms with Gasteiger partial charge in [0.25, 0.3) is 0 Å². The number of rotatable bonds is 6. The molecule has 0 heterocycles. The monoisotopic (exact) mass is 233 g/mol. The molecule has 1 rings (SSSR count). The van der Waals surface area contributed by atoms with Gasteiger partial charge in [-0.3, -0.25) is 4.79 Å². The van der Waals surface area contributed by atoms with E-state index in [9.17, 15) is 4.79 Å². The highest BCUT2D eigenvalue weighted by molar-refractivity contribution is 6.18. The van der Waals surface area contributed by atoms with Gasteiger partial charge < -0.3 is 10.1 Å². The molecule has 1 fully saturated rings. The number of hydrogen-bond acceptors (Lipinski definition) is 2. The van der Waals surface area contributed by atoms with E-state index in [0.29, 0.717) is 12.5 Å². The molecule has 0 aromatic carbocycles. The first kappa shape index (κ1) is 12.8. The molecule has 0 radical (unpaired) electrons. The molecule has 4 heteroatoms. The zero-order valence-electron chi connectivity index (χ0n) is 9.35. The standard InChI is InChI=1S/C11H20ClNO2/c1-2-7-15-8-10(14)13-11(9-12)5-3-4-6-11/h2-9H2,1H3,(H,13,14). The highest BCUT2D eigenvalue weighted by Gasteiger charge is 2.34. The maximum Gasteiger partial charge on any atom is 0.246 e. The lowest BCUT2D eigenvalue weighted by atomic mass is 10.0. The number of carbonyl (C=O) groups excluding carboxylic acids is 1. The Morgan fingerprint density at radius 1 is 1.47 bits per heavy atom. The van der Waals surface area contributed by atoms with E-state index < -0.39 is 0 Å². The summed E-state index contributed by atoms with van der Waals surface area (Å²) in [6.45, 7) is 2.82. The van der Waals surface area contributed by atoms with Crippen LogP contribution in [0, 0.1) is 0 Å². The largest absolute Gasteiger partial charge is 0.372 e. The maximum atomic E-state index is 11.5. The molecular formula is C11H20ClNO2. The summed E-state index contributed by atoms with van der Waals surface area (Å²) in [7, 11) is 0. The molecule has 3 nitrogen and oxygen atoms in total. The summed E-state index contributed by atoms with van der Waals surface area (Å²) in [4.78, 5) is 11.5. The third-order valence-electron chi connectivity index (χ3n) is 2.80. The summed E-state index contributed by atoms with van der Waals surface area (Å²) in [5, 5.41) is 3.01. The summed E-state index contributed by atoms with van der Waals surface area (Å²) in [6, 6.07) is 0. The highest BCUT2D eigenvalue weighted by atomic mass is 35.5. The van der Waals surface area contributed by atoms with Crippen LogP contribution in [0.2, 0.25) is 0 Å². The SMILES string of the molecule is CCCOCC(=O)NC1(CCl)CCCC1. The van der Waals surface area contributed by atoms with Gasteiger partial charge in [0.15, 0.2) is 0 Å². The van der Waals surface area contributed by atoms with Gasteiger partial charge in [-0.25, -0.2) is 0 Å². The molecule has 0 saturated heterocycles. The van der Waals surface area contributed by atoms with Gasteiger partial charge in [0.1, 0.15) is 6.61 Å². The minimum atomic E-state index is -0.159. The third kappa shape index (κ3) is 3.99. The Kier molecular flexibility index (Phi) is 5.40. The van der Waals surface area contributed by atoms with Gasteiger partial charge in [-0.15, -0.1) is 11.6 Å². The average Bonchev–Trinajstić information content (AvgIpc) is 2.67. The molecule has 1 aliphatic carbocycles. The van der Waals surface area contributed by atoms with Gasteiger partial charge in [0.05, 0.1) is 5.54 Å². The summed E-state index contributed by atoms with van der Waals surface area (Å²) >= 11 is 5.91. The van der Waals surface area contributed by atoms with E-state index in [2.05, 4.69) is 5.32 Å². The molecule has 88 valence electrons. The quantitative estimate of drug-likeness (QED) is 0.564. The second-order valence-corrected chi connectivity index (χ2v) is 4.49. The fraction of sp³-hybridized carbons (Fsp3) is 0.909. The van der Waals surface area contributed by atoms with E-state index in [0.717, 1.165) is 32.1 Å². The number of nitrogens with one attached hydrogen (secondary N) is 1. The Morgan fingerprint density at radius 2 is 2.13 bits per heavy atom. The number of amides is 1. The van der Waals surface area contributed by atoms with Gasteiger partial charge in [0.2, 0.25) is 5.91 Å². The van der Waals surface area contributed by atoms with Crippen LogP contribution in [0.3, 0.4) is 0 Å². The highest BCUT2D eigenvalue weighted by Crippen LogP contribution is 2.30. The van der Waals surface area contributed by atoms with Gasteiger partial charge in [-0.1, -0.05) is 19.8 Å². The van der Waals surface area contributed by atoms with Crippen LogP contribution >= 0.6 is 11.6 Å². The predicted octanol–water partition coefficient (Wildman–Crippen LogP) is 2.08. The van der Waals surface area contributed by atoms with Crippen LogP contribution in [0.15, 0.2) is 0 Å². The maximum absolute atomic E-state index is 11.5. The van der Waals surface area contributed by atoms with E-state index in [1.807, 2.05) is 6.92 Å². The molecule has 1 N–H and O–H groups in total. The van der Waals surface area contributed by atoms with Crippen molar-refractivity contribution in [3.63, 3.8) is 0 Å². The summed E-state index contributed by atoms with van der Waals surface area (Å²) in [5.41, 5.74) is -0.159. The van der Waals surface area contributed by atoms with Crippen LogP contribution in [0.1, 0.15) is 39.0 Å². The molecule has 1 saturated carbocycles. The second-order valence-electron chi connectivity index (χ2n) is 4.22. The normalized spacial score (nSPS) is 19.1. The van der Waals surface area contributed by atoms with Crippen LogP contribution in [-0.4, -0.2) is 30.5 Å². The minimum Gasteiger partial charge on any atom is -0.372 e. The molecule has 0 aliphatic heterocycles. The van der Waals surface area contributed by atoms with Gasteiger partial charge in [-0.2, -0.15) is 0 Å². The lowest BCUT2D eigenvalue weighted by Gasteiger charge is -2.27. The van der Waals surface area contributed by atoms with Crippen molar-refractivity contribution in [2.24, 2.45) is 0 Å². The molecule has 0 aromatic rings. The van der Waals surface area contributed by atoms with Gasteiger partial charge >= 0.3 is 0 Å². The lowest BCUT2D eigenvalue weighted by molar-refractivity contribution is -0.127. The smallest absolute Gasteiger partial charge is 0.246 e. The Hall–Kier alpha value is -0.280. The van der Waals surface area contributed by atoms with Crippen molar-refractivity contribution in [2.75, 3.05) is 19.1 Å². The van der Waals surface area contributed by atoms with E-state index >= 15 is 0 Å². The number of ether oxygens (including phenoxy) is 1.